The van der Waals surface area contributed by atoms with Gasteiger partial charge >= 0.3 is 0 Å². The summed E-state index contributed by atoms with van der Waals surface area (Å²) in [7, 11) is 0. The van der Waals surface area contributed by atoms with Crippen LogP contribution in [0, 0.1) is 17.6 Å². The molecular weight excluding hydrogens is 348 g/mol. The maximum Gasteiger partial charge on any atom is 0.289 e. The van der Waals surface area contributed by atoms with Gasteiger partial charge in [-0.2, -0.15) is 4.98 Å². The molecule has 0 bridgehead atoms. The molecule has 1 fully saturated rings. The van der Waals surface area contributed by atoms with Crippen molar-refractivity contribution < 1.29 is 4.74 Å². The number of aromatic nitrogens is 1. The summed E-state index contributed by atoms with van der Waals surface area (Å²) in [6.45, 7) is 4.92. The number of unbranched alkanes of at least 4 members (excludes halogenated alkanes) is 1. The van der Waals surface area contributed by atoms with E-state index in [1.807, 2.05) is 24.3 Å². The first-order valence-electron chi connectivity index (χ1n) is 9.09. The Morgan fingerprint density at radius 1 is 1.50 bits per heavy atom. The Hall–Kier alpha value is -1.53. The largest absolute Gasteiger partial charge is 0.623 e. The number of ether oxygens (including phenoxy) is 1. The Morgan fingerprint density at radius 3 is 3.12 bits per heavy atom. The van der Waals surface area contributed by atoms with Gasteiger partial charge in [0.25, 0.3) is 5.13 Å². The minimum absolute atomic E-state index is 0.310. The molecular formula is C19H26N4O2S. The summed E-state index contributed by atoms with van der Waals surface area (Å²) in [4.78, 5) is 6.73. The number of hydroxylamine groups is 2. The topological polar surface area (TPSA) is 60.5 Å². The number of para-hydroxylation sites is 1. The highest BCUT2D eigenvalue weighted by Gasteiger charge is 2.43. The summed E-state index contributed by atoms with van der Waals surface area (Å²) in [6, 6.07) is 7.87. The summed E-state index contributed by atoms with van der Waals surface area (Å²) in [5.41, 5.74) is 0.876. The number of hydrogen-bond acceptors (Lipinski definition) is 6. The Labute approximate surface area is 158 Å². The van der Waals surface area contributed by atoms with Gasteiger partial charge in [-0.1, -0.05) is 36.8 Å². The van der Waals surface area contributed by atoms with Crippen LogP contribution in [0.5, 0.6) is 0 Å². The number of nitrogens with zero attached hydrogens (tertiary/aromatic N) is 3. The number of nitrogens with one attached hydrogen (secondary N) is 1. The fraction of sp³-hybridized carbons (Fsp3) is 0.526. The lowest BCUT2D eigenvalue weighted by Crippen LogP contribution is -2.56. The molecule has 2 aromatic rings. The summed E-state index contributed by atoms with van der Waals surface area (Å²) in [6.07, 6.45) is 7.84. The lowest BCUT2D eigenvalue weighted by Gasteiger charge is -2.40. The average molecular weight is 375 g/mol. The fourth-order valence-electron chi connectivity index (χ4n) is 3.12. The van der Waals surface area contributed by atoms with Crippen LogP contribution in [0.15, 0.2) is 24.3 Å². The molecule has 7 heteroatoms. The van der Waals surface area contributed by atoms with Crippen LogP contribution in [-0.2, 0) is 4.74 Å². The zero-order valence-corrected chi connectivity index (χ0v) is 16.0. The number of quaternary nitrogens is 1. The lowest BCUT2D eigenvalue weighted by molar-refractivity contribution is 0.0936. The predicted octanol–water partition coefficient (Wildman–Crippen LogP) is 3.09. The second kappa shape index (κ2) is 8.91. The van der Waals surface area contributed by atoms with E-state index in [-0.39, 0.29) is 6.17 Å². The normalized spacial score (nSPS) is 23.5. The van der Waals surface area contributed by atoms with Crippen molar-refractivity contribution >= 4 is 26.7 Å². The van der Waals surface area contributed by atoms with Crippen molar-refractivity contribution in [3.8, 4) is 12.3 Å². The first-order chi connectivity index (χ1) is 12.7. The van der Waals surface area contributed by atoms with Gasteiger partial charge in [0, 0.05) is 19.6 Å². The van der Waals surface area contributed by atoms with Gasteiger partial charge in [-0.15, -0.1) is 12.3 Å². The summed E-state index contributed by atoms with van der Waals surface area (Å²) >= 11 is 1.47. The zero-order valence-electron chi connectivity index (χ0n) is 15.2. The monoisotopic (exact) mass is 374 g/mol. The third-order valence-corrected chi connectivity index (χ3v) is 5.73. The number of fused-ring (bicyclic) bond motifs is 1. The van der Waals surface area contributed by atoms with Crippen molar-refractivity contribution in [3.05, 3.63) is 29.5 Å². The van der Waals surface area contributed by atoms with Crippen LogP contribution >= 0.6 is 11.3 Å². The van der Waals surface area contributed by atoms with Crippen LogP contribution in [0.4, 0.5) is 5.13 Å². The molecule has 1 N–H and O–H groups in total. The van der Waals surface area contributed by atoms with E-state index in [9.17, 15) is 5.21 Å². The Morgan fingerprint density at radius 2 is 2.35 bits per heavy atom. The highest BCUT2D eigenvalue weighted by atomic mass is 32.1. The number of hydrogen-bond donors (Lipinski definition) is 1. The zero-order chi connectivity index (χ0) is 18.4. The van der Waals surface area contributed by atoms with Crippen LogP contribution in [0.2, 0.25) is 0 Å². The summed E-state index contributed by atoms with van der Waals surface area (Å²) < 4.78 is 6.15. The van der Waals surface area contributed by atoms with Crippen molar-refractivity contribution in [3.63, 3.8) is 0 Å². The van der Waals surface area contributed by atoms with Crippen LogP contribution in [0.3, 0.4) is 0 Å². The number of rotatable bonds is 9. The van der Waals surface area contributed by atoms with E-state index >= 15 is 0 Å². The van der Waals surface area contributed by atoms with Crippen molar-refractivity contribution in [1.82, 2.24) is 19.8 Å². The molecule has 0 saturated carbocycles. The molecule has 0 radical (unpaired) electrons. The minimum Gasteiger partial charge on any atom is -0.623 e. The highest BCUT2D eigenvalue weighted by Crippen LogP contribution is 2.36. The summed E-state index contributed by atoms with van der Waals surface area (Å²) in [5.74, 6) is 2.66. The van der Waals surface area contributed by atoms with E-state index in [0.29, 0.717) is 38.1 Å². The van der Waals surface area contributed by atoms with Gasteiger partial charge in [-0.25, -0.2) is 10.2 Å². The van der Waals surface area contributed by atoms with Crippen LogP contribution in [-0.4, -0.2) is 49.1 Å². The fourth-order valence-corrected chi connectivity index (χ4v) is 4.16. The molecule has 1 aromatic heterocycles. The smallest absolute Gasteiger partial charge is 0.289 e. The highest BCUT2D eigenvalue weighted by molar-refractivity contribution is 7.22. The second-order valence-electron chi connectivity index (χ2n) is 6.56. The van der Waals surface area contributed by atoms with Crippen molar-refractivity contribution in [2.24, 2.45) is 0 Å². The van der Waals surface area contributed by atoms with E-state index in [0.717, 1.165) is 29.6 Å². The Balaban J connectivity index is 1.76. The number of benzene rings is 1. The maximum absolute atomic E-state index is 13.8. The van der Waals surface area contributed by atoms with E-state index in [4.69, 9.17) is 11.2 Å². The molecule has 0 aliphatic carbocycles. The minimum atomic E-state index is -0.499. The van der Waals surface area contributed by atoms with Gasteiger partial charge in [0.15, 0.2) is 6.17 Å². The SMILES string of the molecule is C#CCCN1CC(NCOCCCC)[N+]([O-])(c2nc3ccccc3s2)C1. The van der Waals surface area contributed by atoms with Gasteiger partial charge in [-0.05, 0) is 18.6 Å². The molecule has 3 rings (SSSR count). The van der Waals surface area contributed by atoms with Crippen molar-refractivity contribution in [1.29, 1.82) is 0 Å². The van der Waals surface area contributed by atoms with Crippen molar-refractivity contribution in [2.45, 2.75) is 32.4 Å². The molecule has 140 valence electrons. The molecule has 26 heavy (non-hydrogen) atoms. The second-order valence-corrected chi connectivity index (χ2v) is 7.57. The van der Waals surface area contributed by atoms with Crippen LogP contribution in [0.25, 0.3) is 10.2 Å². The molecule has 0 spiro atoms. The third kappa shape index (κ3) is 4.23. The predicted molar refractivity (Wildman–Crippen MR) is 107 cm³/mol. The molecule has 2 unspecified atom stereocenters. The lowest BCUT2D eigenvalue weighted by atomic mass is 10.3. The van der Waals surface area contributed by atoms with E-state index in [1.54, 1.807) is 0 Å². The first kappa shape index (κ1) is 19.2. The van der Waals surface area contributed by atoms with E-state index in [1.165, 1.54) is 11.3 Å². The molecule has 1 aliphatic rings. The van der Waals surface area contributed by atoms with Crippen LogP contribution < -0.4 is 9.96 Å². The van der Waals surface area contributed by atoms with Crippen LogP contribution in [0.1, 0.15) is 26.2 Å². The van der Waals surface area contributed by atoms with Gasteiger partial charge in [-0.3, -0.25) is 4.65 Å². The third-order valence-electron chi connectivity index (χ3n) is 4.59. The van der Waals surface area contributed by atoms with E-state index in [2.05, 4.69) is 28.0 Å². The molecule has 1 aliphatic heterocycles. The quantitative estimate of drug-likeness (QED) is 0.240. The van der Waals surface area contributed by atoms with E-state index < -0.39 is 4.65 Å². The Bertz CT molecular complexity index is 726. The number of terminal acetylenes is 1. The van der Waals surface area contributed by atoms with Gasteiger partial charge in [0.1, 0.15) is 13.4 Å². The molecule has 0 amide bonds. The molecule has 2 heterocycles. The van der Waals surface area contributed by atoms with Crippen molar-refractivity contribution in [2.75, 3.05) is 33.1 Å². The first-order valence-corrected chi connectivity index (χ1v) is 9.91. The number of thiazole rings is 1. The summed E-state index contributed by atoms with van der Waals surface area (Å²) in [5, 5.41) is 17.6. The molecule has 2 atom stereocenters. The molecule has 6 nitrogen and oxygen atoms in total. The maximum atomic E-state index is 13.8. The Kier molecular flexibility index (Phi) is 6.59. The van der Waals surface area contributed by atoms with Gasteiger partial charge < -0.3 is 9.94 Å². The van der Waals surface area contributed by atoms with Gasteiger partial charge in [0.05, 0.1) is 16.8 Å². The average Bonchev–Trinajstić information content (AvgIpc) is 3.22. The van der Waals surface area contributed by atoms with Gasteiger partial charge in [0.2, 0.25) is 0 Å². The molecule has 1 aromatic carbocycles. The standard InChI is InChI=1S/C19H26N4O2S/c1-3-5-11-22-13-18(20-14-25-12-6-4-2)23(24,15-22)19-21-16-9-7-8-10-17(16)26-19/h1,7-10,18,20H,4-6,11-15H2,2H3. The molecule has 1 saturated heterocycles.